The normalized spacial score (nSPS) is 12.4. The molecule has 0 aromatic heterocycles. The van der Waals surface area contributed by atoms with Gasteiger partial charge >= 0.3 is 0 Å². The third-order valence-electron chi connectivity index (χ3n) is 6.80. The highest BCUT2D eigenvalue weighted by Crippen LogP contribution is 2.35. The summed E-state index contributed by atoms with van der Waals surface area (Å²) in [6.07, 6.45) is 8.94. The van der Waals surface area contributed by atoms with E-state index in [2.05, 4.69) is 64.1 Å². The van der Waals surface area contributed by atoms with Crippen LogP contribution in [-0.2, 0) is 0 Å². The van der Waals surface area contributed by atoms with Crippen molar-refractivity contribution in [2.45, 2.75) is 78.6 Å². The second kappa shape index (κ2) is 14.9. The molecule has 2 aromatic rings. The standard InChI is InChI=1S/C28H43NO.HI/c1-5-8-13-20-29(7-3,21-14-9-6-2)22-19-26(25-15-11-10-12-16-25)27-23-24(4)17-18-28(27)30;/h10-12,15-18,23,26H,5-9,13-14,19-22H2,1-4H3;1H. The fraction of sp³-hybridized carbons (Fsp3) is 0.571. The molecule has 1 atom stereocenters. The molecule has 1 unspecified atom stereocenters. The first kappa shape index (κ1) is 28.0. The van der Waals surface area contributed by atoms with Crippen LogP contribution in [0, 0.1) is 6.92 Å². The van der Waals surface area contributed by atoms with Crippen LogP contribution in [0.3, 0.4) is 0 Å². The average molecular weight is 538 g/mol. The number of rotatable bonds is 14. The molecule has 0 saturated carbocycles. The van der Waals surface area contributed by atoms with Crippen molar-refractivity contribution >= 4 is 0 Å². The van der Waals surface area contributed by atoms with E-state index >= 15 is 0 Å². The number of hydrogen-bond donors (Lipinski definition) is 1. The van der Waals surface area contributed by atoms with Gasteiger partial charge in [-0.15, -0.1) is 0 Å². The van der Waals surface area contributed by atoms with Crippen LogP contribution in [0.2, 0.25) is 0 Å². The number of aryl methyl sites for hydroxylation is 1. The molecule has 0 aliphatic rings. The van der Waals surface area contributed by atoms with Gasteiger partial charge in [-0.05, 0) is 51.2 Å². The minimum Gasteiger partial charge on any atom is -1.00 e. The number of phenols is 1. The van der Waals surface area contributed by atoms with Crippen LogP contribution in [0.5, 0.6) is 5.75 Å². The third kappa shape index (κ3) is 8.76. The van der Waals surface area contributed by atoms with Crippen LogP contribution in [0.25, 0.3) is 0 Å². The maximum absolute atomic E-state index is 10.7. The number of halogens is 1. The van der Waals surface area contributed by atoms with E-state index in [-0.39, 0.29) is 29.9 Å². The van der Waals surface area contributed by atoms with E-state index in [1.54, 1.807) is 0 Å². The first-order chi connectivity index (χ1) is 14.5. The second-order valence-corrected chi connectivity index (χ2v) is 9.06. The summed E-state index contributed by atoms with van der Waals surface area (Å²) in [5.41, 5.74) is 3.61. The molecule has 0 heterocycles. The fourth-order valence-corrected chi connectivity index (χ4v) is 4.75. The molecule has 0 radical (unpaired) electrons. The van der Waals surface area contributed by atoms with Gasteiger partial charge in [0.05, 0.1) is 26.2 Å². The number of nitrogens with zero attached hydrogens (tertiary/aromatic N) is 1. The number of hydrogen-bond acceptors (Lipinski definition) is 1. The Balaban J connectivity index is 0.00000480. The summed E-state index contributed by atoms with van der Waals surface area (Å²) in [6, 6.07) is 16.8. The van der Waals surface area contributed by atoms with Gasteiger partial charge in [-0.25, -0.2) is 0 Å². The van der Waals surface area contributed by atoms with E-state index in [9.17, 15) is 5.11 Å². The summed E-state index contributed by atoms with van der Waals surface area (Å²) in [7, 11) is 0. The molecule has 0 bridgehead atoms. The van der Waals surface area contributed by atoms with Gasteiger partial charge in [0, 0.05) is 17.9 Å². The smallest absolute Gasteiger partial charge is 0.119 e. The van der Waals surface area contributed by atoms with E-state index in [4.69, 9.17) is 0 Å². The highest BCUT2D eigenvalue weighted by molar-refractivity contribution is 5.43. The maximum Gasteiger partial charge on any atom is 0.119 e. The van der Waals surface area contributed by atoms with Gasteiger partial charge in [0.25, 0.3) is 0 Å². The third-order valence-corrected chi connectivity index (χ3v) is 6.80. The molecule has 2 rings (SSSR count). The van der Waals surface area contributed by atoms with Crippen molar-refractivity contribution in [3.8, 4) is 5.75 Å². The SMILES string of the molecule is CCCCC[N+](CC)(CCCCC)CCC(c1ccccc1)c1cc(C)ccc1O.[I-]. The molecule has 2 aromatic carbocycles. The summed E-state index contributed by atoms with van der Waals surface area (Å²) in [5, 5.41) is 10.7. The van der Waals surface area contributed by atoms with Crippen LogP contribution in [0.1, 0.15) is 88.3 Å². The van der Waals surface area contributed by atoms with E-state index < -0.39 is 0 Å². The van der Waals surface area contributed by atoms with Crippen LogP contribution in [0.4, 0.5) is 0 Å². The molecule has 0 amide bonds. The summed E-state index contributed by atoms with van der Waals surface area (Å²) < 4.78 is 1.22. The molecule has 0 spiro atoms. The second-order valence-electron chi connectivity index (χ2n) is 9.06. The Morgan fingerprint density at radius 3 is 1.97 bits per heavy atom. The predicted molar refractivity (Wildman–Crippen MR) is 130 cm³/mol. The zero-order chi connectivity index (χ0) is 21.8. The minimum atomic E-state index is 0. The molecule has 0 saturated heterocycles. The lowest BCUT2D eigenvalue weighted by atomic mass is 9.86. The quantitative estimate of drug-likeness (QED) is 0.215. The van der Waals surface area contributed by atoms with Crippen LogP contribution in [-0.4, -0.2) is 35.8 Å². The lowest BCUT2D eigenvalue weighted by molar-refractivity contribution is -0.927. The first-order valence-electron chi connectivity index (χ1n) is 12.2. The molecule has 31 heavy (non-hydrogen) atoms. The van der Waals surface area contributed by atoms with Crippen LogP contribution >= 0.6 is 0 Å². The minimum absolute atomic E-state index is 0. The number of phenolic OH excluding ortho intramolecular Hbond substituents is 1. The Bertz CT molecular complexity index is 721. The molecule has 0 aliphatic heterocycles. The molecule has 0 aliphatic carbocycles. The monoisotopic (exact) mass is 537 g/mol. The highest BCUT2D eigenvalue weighted by atomic mass is 127. The van der Waals surface area contributed by atoms with Crippen molar-refractivity contribution in [1.29, 1.82) is 0 Å². The van der Waals surface area contributed by atoms with Gasteiger partial charge in [0.15, 0.2) is 0 Å². The number of aromatic hydroxyl groups is 1. The van der Waals surface area contributed by atoms with Gasteiger partial charge in [0.2, 0.25) is 0 Å². The molecule has 0 fully saturated rings. The van der Waals surface area contributed by atoms with Crippen molar-refractivity contribution < 1.29 is 33.6 Å². The van der Waals surface area contributed by atoms with Crippen molar-refractivity contribution in [3.63, 3.8) is 0 Å². The molecular weight excluding hydrogens is 493 g/mol. The number of quaternary nitrogens is 1. The van der Waals surface area contributed by atoms with Crippen molar-refractivity contribution in [2.24, 2.45) is 0 Å². The molecule has 174 valence electrons. The number of benzene rings is 2. The van der Waals surface area contributed by atoms with Gasteiger partial charge in [-0.3, -0.25) is 0 Å². The lowest BCUT2D eigenvalue weighted by Gasteiger charge is -2.39. The largest absolute Gasteiger partial charge is 1.00 e. The molecular formula is C28H44INO. The van der Waals surface area contributed by atoms with Crippen LogP contribution in [0.15, 0.2) is 48.5 Å². The van der Waals surface area contributed by atoms with Crippen molar-refractivity contribution in [2.75, 3.05) is 26.2 Å². The Kier molecular flexibility index (Phi) is 13.4. The highest BCUT2D eigenvalue weighted by Gasteiger charge is 2.28. The molecule has 2 nitrogen and oxygen atoms in total. The van der Waals surface area contributed by atoms with Gasteiger partial charge < -0.3 is 33.6 Å². The first-order valence-corrected chi connectivity index (χ1v) is 12.2. The maximum atomic E-state index is 10.7. The van der Waals surface area contributed by atoms with E-state index in [1.807, 2.05) is 12.1 Å². The van der Waals surface area contributed by atoms with Crippen molar-refractivity contribution in [1.82, 2.24) is 0 Å². The predicted octanol–water partition coefficient (Wildman–Crippen LogP) is 4.44. The van der Waals surface area contributed by atoms with E-state index in [0.29, 0.717) is 5.75 Å². The summed E-state index contributed by atoms with van der Waals surface area (Å²) in [4.78, 5) is 0. The molecule has 1 N–H and O–H groups in total. The van der Waals surface area contributed by atoms with Gasteiger partial charge in [0.1, 0.15) is 5.75 Å². The summed E-state index contributed by atoms with van der Waals surface area (Å²) in [5.74, 6) is 0.675. The fourth-order valence-electron chi connectivity index (χ4n) is 4.75. The van der Waals surface area contributed by atoms with Gasteiger partial charge in [-0.2, -0.15) is 0 Å². The van der Waals surface area contributed by atoms with Gasteiger partial charge in [-0.1, -0.05) is 74.7 Å². The Hall–Kier alpha value is -1.07. The van der Waals surface area contributed by atoms with Crippen molar-refractivity contribution in [3.05, 3.63) is 65.2 Å². The van der Waals surface area contributed by atoms with E-state index in [0.717, 1.165) is 12.0 Å². The Morgan fingerprint density at radius 1 is 0.806 bits per heavy atom. The topological polar surface area (TPSA) is 20.2 Å². The number of unbranched alkanes of at least 4 members (excludes halogenated alkanes) is 4. The Morgan fingerprint density at radius 2 is 1.42 bits per heavy atom. The average Bonchev–Trinajstić information content (AvgIpc) is 2.77. The van der Waals surface area contributed by atoms with E-state index in [1.165, 1.54) is 80.3 Å². The lowest BCUT2D eigenvalue weighted by Crippen LogP contribution is -3.00. The van der Waals surface area contributed by atoms with Crippen LogP contribution < -0.4 is 24.0 Å². The Labute approximate surface area is 208 Å². The zero-order valence-electron chi connectivity index (χ0n) is 20.2. The zero-order valence-corrected chi connectivity index (χ0v) is 22.4. The summed E-state index contributed by atoms with van der Waals surface area (Å²) >= 11 is 0. The summed E-state index contributed by atoms with van der Waals surface area (Å²) in [6.45, 7) is 14.0. The molecule has 3 heteroatoms.